The Bertz CT molecular complexity index is 861. The number of hydroxylamine groups is 2. The number of ketones is 1. The number of likely N-dealkylation sites (tertiary alicyclic amines) is 1. The first-order chi connectivity index (χ1) is 13.6. The summed E-state index contributed by atoms with van der Waals surface area (Å²) < 4.78 is 25.3. The fraction of sp³-hybridized carbons (Fsp3) is 0.444. The molecule has 1 aliphatic rings. The molecule has 0 aliphatic carbocycles. The molecule has 9 nitrogen and oxygen atoms in total. The van der Waals surface area contributed by atoms with Crippen molar-refractivity contribution in [2.75, 3.05) is 26.5 Å². The Balaban J connectivity index is 2.13. The number of Topliss-reactive ketones (excluding diaryl/α,β-unsaturated/α-hetero) is 1. The largest absolute Gasteiger partial charge is 0.481 e. The fourth-order valence-corrected chi connectivity index (χ4v) is 3.76. The highest BCUT2D eigenvalue weighted by atomic mass is 32.2. The first-order valence-corrected chi connectivity index (χ1v) is 10.2. The Hall–Kier alpha value is -2.66. The van der Waals surface area contributed by atoms with Crippen molar-refractivity contribution in [3.8, 4) is 0 Å². The van der Waals surface area contributed by atoms with Crippen molar-refractivity contribution in [3.05, 3.63) is 29.6 Å². The van der Waals surface area contributed by atoms with E-state index in [1.807, 2.05) is 0 Å². The predicted molar refractivity (Wildman–Crippen MR) is 98.2 cm³/mol. The zero-order valence-corrected chi connectivity index (χ0v) is 16.7. The normalized spacial score (nSPS) is 17.5. The first-order valence-electron chi connectivity index (χ1n) is 8.68. The molecule has 158 valence electrons. The number of benzene rings is 1. The molecular formula is C18H21FN2O7S. The number of nitrogens with zero attached hydrogens (tertiary/aromatic N) is 2. The molecule has 0 saturated carbocycles. The van der Waals surface area contributed by atoms with Crippen molar-refractivity contribution in [2.45, 2.75) is 24.3 Å². The molecule has 1 heterocycles. The zero-order valence-electron chi connectivity index (χ0n) is 15.9. The van der Waals surface area contributed by atoms with Gasteiger partial charge in [0.25, 0.3) is 11.8 Å². The third kappa shape index (κ3) is 5.45. The lowest BCUT2D eigenvalue weighted by molar-refractivity contribution is -0.184. The van der Waals surface area contributed by atoms with Crippen LogP contribution >= 0.6 is 0 Å². The Kier molecular flexibility index (Phi) is 7.57. The van der Waals surface area contributed by atoms with Gasteiger partial charge in [0, 0.05) is 30.7 Å². The number of rotatable bonds is 9. The highest BCUT2D eigenvalue weighted by Crippen LogP contribution is 2.22. The average Bonchev–Trinajstić information content (AvgIpc) is 2.94. The van der Waals surface area contributed by atoms with Gasteiger partial charge in [0.2, 0.25) is 5.78 Å². The second kappa shape index (κ2) is 9.70. The topological polar surface area (TPSA) is 121 Å². The number of carboxylic acids is 1. The molecule has 2 rings (SSSR count). The summed E-state index contributed by atoms with van der Waals surface area (Å²) in [4.78, 5) is 54.1. The van der Waals surface area contributed by atoms with Gasteiger partial charge in [-0.2, -0.15) is 0 Å². The standard InChI is InChI=1S/C18H21FN2O7S/c1-28-21(9-11-5-6-12(19)8-14(11)29(2)27)17(25)13-10-20(18(26)16(13)24)7-3-4-15(22)23/h5-6,8,13H,3-4,7,9-10H2,1-2H3,(H,22,23). The Labute approximate surface area is 168 Å². The summed E-state index contributed by atoms with van der Waals surface area (Å²) in [6.45, 7) is -0.321. The van der Waals surface area contributed by atoms with Gasteiger partial charge in [-0.3, -0.25) is 28.2 Å². The van der Waals surface area contributed by atoms with Crippen LogP contribution in [0.5, 0.6) is 0 Å². The van der Waals surface area contributed by atoms with Crippen LogP contribution in [-0.4, -0.2) is 69.3 Å². The molecule has 11 heteroatoms. The number of halogens is 1. The van der Waals surface area contributed by atoms with E-state index in [0.29, 0.717) is 5.56 Å². The lowest BCUT2D eigenvalue weighted by Crippen LogP contribution is -2.39. The van der Waals surface area contributed by atoms with Crippen LogP contribution in [0.2, 0.25) is 0 Å². The van der Waals surface area contributed by atoms with E-state index < -0.39 is 46.1 Å². The fourth-order valence-electron chi connectivity index (χ4n) is 2.98. The number of aliphatic carboxylic acids is 1. The summed E-state index contributed by atoms with van der Waals surface area (Å²) in [5.74, 6) is -5.40. The third-order valence-electron chi connectivity index (χ3n) is 4.45. The SMILES string of the molecule is CON(Cc1ccc(F)cc1S(C)=O)C(=O)C1CN(CCCC(=O)O)C(=O)C1=O. The van der Waals surface area contributed by atoms with Gasteiger partial charge in [-0.15, -0.1) is 0 Å². The summed E-state index contributed by atoms with van der Waals surface area (Å²) in [5.41, 5.74) is 0.373. The lowest BCUT2D eigenvalue weighted by Gasteiger charge is -2.23. The lowest BCUT2D eigenvalue weighted by atomic mass is 10.1. The molecule has 1 fully saturated rings. The van der Waals surface area contributed by atoms with Crippen LogP contribution in [-0.2, 0) is 41.4 Å². The van der Waals surface area contributed by atoms with Crippen LogP contribution in [0, 0.1) is 11.7 Å². The summed E-state index contributed by atoms with van der Waals surface area (Å²) in [7, 11) is -0.317. The maximum atomic E-state index is 13.4. The molecule has 2 atom stereocenters. The van der Waals surface area contributed by atoms with Crippen molar-refractivity contribution in [2.24, 2.45) is 5.92 Å². The van der Waals surface area contributed by atoms with Crippen LogP contribution in [0.4, 0.5) is 4.39 Å². The highest BCUT2D eigenvalue weighted by Gasteiger charge is 2.44. The number of carboxylic acid groups (broad SMARTS) is 1. The quantitative estimate of drug-likeness (QED) is 0.342. The van der Waals surface area contributed by atoms with E-state index in [9.17, 15) is 27.8 Å². The second-order valence-corrected chi connectivity index (χ2v) is 7.78. The maximum Gasteiger partial charge on any atom is 0.303 e. The van der Waals surface area contributed by atoms with Gasteiger partial charge < -0.3 is 10.0 Å². The Morgan fingerprint density at radius 3 is 2.66 bits per heavy atom. The second-order valence-electron chi connectivity index (χ2n) is 6.43. The smallest absolute Gasteiger partial charge is 0.303 e. The molecule has 1 aromatic carbocycles. The summed E-state index contributed by atoms with van der Waals surface area (Å²) in [5, 5.41) is 9.54. The van der Waals surface area contributed by atoms with Crippen molar-refractivity contribution in [1.82, 2.24) is 9.96 Å². The third-order valence-corrected chi connectivity index (χ3v) is 5.45. The maximum absolute atomic E-state index is 13.4. The van der Waals surface area contributed by atoms with Gasteiger partial charge in [0.1, 0.15) is 11.7 Å². The average molecular weight is 428 g/mol. The van der Waals surface area contributed by atoms with Crippen LogP contribution in [0.1, 0.15) is 18.4 Å². The van der Waals surface area contributed by atoms with Crippen LogP contribution in [0.25, 0.3) is 0 Å². The number of carbonyl (C=O) groups excluding carboxylic acids is 3. The van der Waals surface area contributed by atoms with E-state index in [2.05, 4.69) is 0 Å². The molecule has 0 bridgehead atoms. The van der Waals surface area contributed by atoms with Gasteiger partial charge in [-0.1, -0.05) is 6.07 Å². The minimum absolute atomic E-state index is 0.0462. The van der Waals surface area contributed by atoms with E-state index in [0.717, 1.165) is 22.1 Å². The van der Waals surface area contributed by atoms with Crippen LogP contribution in [0.15, 0.2) is 23.1 Å². The molecule has 1 aliphatic heterocycles. The van der Waals surface area contributed by atoms with E-state index >= 15 is 0 Å². The number of hydrogen-bond donors (Lipinski definition) is 1. The summed E-state index contributed by atoms with van der Waals surface area (Å²) in [6, 6.07) is 3.61. The van der Waals surface area contributed by atoms with E-state index in [4.69, 9.17) is 9.94 Å². The van der Waals surface area contributed by atoms with E-state index in [1.54, 1.807) is 0 Å². The first kappa shape index (κ1) is 22.6. The molecular weight excluding hydrogens is 407 g/mol. The summed E-state index contributed by atoms with van der Waals surface area (Å²) >= 11 is 0. The van der Waals surface area contributed by atoms with E-state index in [1.165, 1.54) is 19.4 Å². The van der Waals surface area contributed by atoms with E-state index in [-0.39, 0.29) is 37.4 Å². The Morgan fingerprint density at radius 1 is 1.38 bits per heavy atom. The zero-order chi connectivity index (χ0) is 21.7. The number of carbonyl (C=O) groups is 4. The monoisotopic (exact) mass is 428 g/mol. The van der Waals surface area contributed by atoms with Crippen molar-refractivity contribution in [1.29, 1.82) is 0 Å². The molecule has 2 unspecified atom stereocenters. The van der Waals surface area contributed by atoms with Crippen LogP contribution in [0.3, 0.4) is 0 Å². The van der Waals surface area contributed by atoms with Gasteiger partial charge in [-0.25, -0.2) is 9.45 Å². The number of amides is 2. The molecule has 1 aromatic rings. The molecule has 0 radical (unpaired) electrons. The highest BCUT2D eigenvalue weighted by molar-refractivity contribution is 7.84. The van der Waals surface area contributed by atoms with Crippen LogP contribution < -0.4 is 0 Å². The van der Waals surface area contributed by atoms with Gasteiger partial charge >= 0.3 is 5.97 Å². The minimum atomic E-state index is -1.52. The van der Waals surface area contributed by atoms with Gasteiger partial charge in [0.15, 0.2) is 0 Å². The molecule has 0 spiro atoms. The van der Waals surface area contributed by atoms with Gasteiger partial charge in [-0.05, 0) is 24.1 Å². The number of hydrogen-bond acceptors (Lipinski definition) is 6. The van der Waals surface area contributed by atoms with Crippen molar-refractivity contribution in [3.63, 3.8) is 0 Å². The van der Waals surface area contributed by atoms with Gasteiger partial charge in [0.05, 0.1) is 24.5 Å². The summed E-state index contributed by atoms with van der Waals surface area (Å²) in [6.07, 6.45) is 1.36. The van der Waals surface area contributed by atoms with Crippen molar-refractivity contribution >= 4 is 34.4 Å². The van der Waals surface area contributed by atoms with Crippen molar-refractivity contribution < 1.29 is 37.7 Å². The molecule has 1 saturated heterocycles. The Morgan fingerprint density at radius 2 is 2.07 bits per heavy atom. The molecule has 2 amide bonds. The molecule has 1 N–H and O–H groups in total. The minimum Gasteiger partial charge on any atom is -0.481 e. The molecule has 29 heavy (non-hydrogen) atoms. The molecule has 0 aromatic heterocycles. The predicted octanol–water partition coefficient (Wildman–Crippen LogP) is 0.345.